The first kappa shape index (κ1) is 19.3. The molecule has 0 aliphatic heterocycles. The fourth-order valence-electron chi connectivity index (χ4n) is 3.40. The lowest BCUT2D eigenvalue weighted by molar-refractivity contribution is 0.195. The van der Waals surface area contributed by atoms with E-state index in [0.29, 0.717) is 5.92 Å². The third-order valence-electron chi connectivity index (χ3n) is 5.14. The van der Waals surface area contributed by atoms with E-state index in [9.17, 15) is 0 Å². The molecule has 0 amide bonds. The molecule has 0 heterocycles. The van der Waals surface area contributed by atoms with Crippen LogP contribution in [0, 0.1) is 18.8 Å². The molecule has 1 aromatic carbocycles. The largest absolute Gasteiger partial charge is 0.496 e. The number of hydrogen-bond acceptors (Lipinski definition) is 2. The Hall–Kier alpha value is -1.01. The van der Waals surface area contributed by atoms with Crippen LogP contribution in [0.2, 0.25) is 0 Å². The van der Waals surface area contributed by atoms with Crippen molar-refractivity contribution in [2.75, 3.05) is 13.7 Å². The normalized spacial score (nSPS) is 21.2. The van der Waals surface area contributed by atoms with Gasteiger partial charge in [-0.05, 0) is 63.0 Å². The summed E-state index contributed by atoms with van der Waals surface area (Å²) in [6.45, 7) is 5.16. The van der Waals surface area contributed by atoms with Crippen molar-refractivity contribution < 1.29 is 9.47 Å². The molecule has 2 nitrogen and oxygen atoms in total. The first-order valence-electron chi connectivity index (χ1n) is 9.38. The highest BCUT2D eigenvalue weighted by Crippen LogP contribution is 2.31. The predicted octanol–water partition coefficient (Wildman–Crippen LogP) is 5.44. The molecular weight excluding hydrogens is 315 g/mol. The Morgan fingerprint density at radius 2 is 1.88 bits per heavy atom. The van der Waals surface area contributed by atoms with Crippen molar-refractivity contribution in [1.29, 1.82) is 0 Å². The SMILES string of the molecule is CCCC/C=C/C1CCC(COc2ccc(OC)c(C)c2P)CC1. The number of ether oxygens (including phenoxy) is 2. The summed E-state index contributed by atoms with van der Waals surface area (Å²) < 4.78 is 11.5. The summed E-state index contributed by atoms with van der Waals surface area (Å²) in [6.07, 6.45) is 13.9. The highest BCUT2D eigenvalue weighted by Gasteiger charge is 2.20. The third-order valence-corrected chi connectivity index (χ3v) is 5.86. The molecule has 1 atom stereocenters. The van der Waals surface area contributed by atoms with Crippen LogP contribution in [-0.2, 0) is 0 Å². The second kappa shape index (κ2) is 10.1. The lowest BCUT2D eigenvalue weighted by atomic mass is 9.82. The Labute approximate surface area is 150 Å². The van der Waals surface area contributed by atoms with Crippen LogP contribution < -0.4 is 14.8 Å². The van der Waals surface area contributed by atoms with Crippen molar-refractivity contribution in [1.82, 2.24) is 0 Å². The molecule has 0 spiro atoms. The number of benzene rings is 1. The van der Waals surface area contributed by atoms with Gasteiger partial charge in [0.15, 0.2) is 0 Å². The van der Waals surface area contributed by atoms with E-state index in [-0.39, 0.29) is 0 Å². The van der Waals surface area contributed by atoms with Gasteiger partial charge in [0, 0.05) is 10.9 Å². The fourth-order valence-corrected chi connectivity index (χ4v) is 3.72. The standard InChI is InChI=1S/C21H33O2P/c1-4-5-6-7-8-17-9-11-18(12-10-17)15-23-20-14-13-19(22-3)16(2)21(20)24/h7-8,13-14,17-18H,4-6,9-12,15,24H2,1-3H3/b8-7+. The van der Waals surface area contributed by atoms with Gasteiger partial charge in [-0.2, -0.15) is 0 Å². The molecule has 1 saturated carbocycles. The lowest BCUT2D eigenvalue weighted by Gasteiger charge is -2.27. The first-order valence-corrected chi connectivity index (χ1v) is 9.96. The number of methoxy groups -OCH3 is 1. The van der Waals surface area contributed by atoms with E-state index in [1.807, 2.05) is 12.1 Å². The maximum Gasteiger partial charge on any atom is 0.126 e. The summed E-state index contributed by atoms with van der Waals surface area (Å²) in [5, 5.41) is 1.11. The van der Waals surface area contributed by atoms with Crippen molar-refractivity contribution in [2.24, 2.45) is 11.8 Å². The van der Waals surface area contributed by atoms with Crippen molar-refractivity contribution in [3.8, 4) is 11.5 Å². The minimum Gasteiger partial charge on any atom is -0.496 e. The second-order valence-corrected chi connectivity index (χ2v) is 7.54. The molecule has 1 aliphatic carbocycles. The van der Waals surface area contributed by atoms with Crippen LogP contribution >= 0.6 is 9.24 Å². The summed E-state index contributed by atoms with van der Waals surface area (Å²) in [6, 6.07) is 4.02. The van der Waals surface area contributed by atoms with E-state index in [4.69, 9.17) is 9.47 Å². The number of hydrogen-bond donors (Lipinski definition) is 0. The van der Waals surface area contributed by atoms with Crippen LogP contribution in [0.15, 0.2) is 24.3 Å². The van der Waals surface area contributed by atoms with E-state index in [2.05, 4.69) is 35.2 Å². The Morgan fingerprint density at radius 3 is 2.54 bits per heavy atom. The Balaban J connectivity index is 1.77. The summed E-state index contributed by atoms with van der Waals surface area (Å²) in [4.78, 5) is 0. The van der Waals surface area contributed by atoms with Gasteiger partial charge in [-0.15, -0.1) is 9.24 Å². The summed E-state index contributed by atoms with van der Waals surface area (Å²) >= 11 is 0. The monoisotopic (exact) mass is 348 g/mol. The third kappa shape index (κ3) is 5.52. The minimum absolute atomic E-state index is 0.692. The zero-order valence-electron chi connectivity index (χ0n) is 15.5. The number of allylic oxidation sites excluding steroid dienone is 2. The predicted molar refractivity (Wildman–Crippen MR) is 107 cm³/mol. The molecule has 0 aromatic heterocycles. The van der Waals surface area contributed by atoms with Gasteiger partial charge in [-0.1, -0.05) is 31.9 Å². The van der Waals surface area contributed by atoms with Crippen molar-refractivity contribution in [2.45, 2.75) is 58.8 Å². The molecule has 1 aromatic rings. The van der Waals surface area contributed by atoms with Gasteiger partial charge in [0.25, 0.3) is 0 Å². The van der Waals surface area contributed by atoms with Gasteiger partial charge in [0.05, 0.1) is 13.7 Å². The second-order valence-electron chi connectivity index (χ2n) is 6.97. The van der Waals surface area contributed by atoms with E-state index in [1.54, 1.807) is 7.11 Å². The van der Waals surface area contributed by atoms with E-state index >= 15 is 0 Å². The number of unbranched alkanes of at least 4 members (excludes halogenated alkanes) is 2. The lowest BCUT2D eigenvalue weighted by Crippen LogP contribution is -2.20. The highest BCUT2D eigenvalue weighted by molar-refractivity contribution is 7.28. The van der Waals surface area contributed by atoms with Crippen LogP contribution in [-0.4, -0.2) is 13.7 Å². The van der Waals surface area contributed by atoms with Gasteiger partial charge >= 0.3 is 0 Å². The van der Waals surface area contributed by atoms with Crippen LogP contribution in [0.25, 0.3) is 0 Å². The summed E-state index contributed by atoms with van der Waals surface area (Å²) in [5.74, 6) is 3.37. The fraction of sp³-hybridized carbons (Fsp3) is 0.619. The maximum atomic E-state index is 6.11. The van der Waals surface area contributed by atoms with E-state index < -0.39 is 0 Å². The average molecular weight is 348 g/mol. The molecule has 134 valence electrons. The smallest absolute Gasteiger partial charge is 0.126 e. The quantitative estimate of drug-likeness (QED) is 0.354. The Morgan fingerprint density at radius 1 is 1.17 bits per heavy atom. The molecule has 0 N–H and O–H groups in total. The Bertz CT molecular complexity index is 531. The van der Waals surface area contributed by atoms with Crippen molar-refractivity contribution in [3.05, 3.63) is 29.8 Å². The molecule has 0 radical (unpaired) electrons. The van der Waals surface area contributed by atoms with Crippen molar-refractivity contribution in [3.63, 3.8) is 0 Å². The average Bonchev–Trinajstić information content (AvgIpc) is 2.61. The topological polar surface area (TPSA) is 18.5 Å². The molecular formula is C21H33O2P. The van der Waals surface area contributed by atoms with Crippen molar-refractivity contribution >= 4 is 14.5 Å². The molecule has 1 unspecified atom stereocenters. The first-order chi connectivity index (χ1) is 11.7. The van der Waals surface area contributed by atoms with Gasteiger partial charge in [0.1, 0.15) is 11.5 Å². The zero-order chi connectivity index (χ0) is 17.4. The molecule has 1 fully saturated rings. The van der Waals surface area contributed by atoms with Crippen LogP contribution in [0.5, 0.6) is 11.5 Å². The number of rotatable bonds is 8. The van der Waals surface area contributed by atoms with Crippen LogP contribution in [0.1, 0.15) is 57.4 Å². The van der Waals surface area contributed by atoms with Gasteiger partial charge < -0.3 is 9.47 Å². The Kier molecular flexibility index (Phi) is 8.12. The summed E-state index contributed by atoms with van der Waals surface area (Å²) in [5.41, 5.74) is 1.14. The van der Waals surface area contributed by atoms with Crippen LogP contribution in [0.3, 0.4) is 0 Å². The molecule has 0 bridgehead atoms. The van der Waals surface area contributed by atoms with E-state index in [1.165, 1.54) is 44.9 Å². The molecule has 1 aliphatic rings. The zero-order valence-corrected chi connectivity index (χ0v) is 16.7. The van der Waals surface area contributed by atoms with Gasteiger partial charge in [-0.25, -0.2) is 0 Å². The molecule has 0 saturated heterocycles. The molecule has 2 rings (SSSR count). The van der Waals surface area contributed by atoms with Crippen LogP contribution in [0.4, 0.5) is 0 Å². The maximum absolute atomic E-state index is 6.11. The molecule has 24 heavy (non-hydrogen) atoms. The van der Waals surface area contributed by atoms with Gasteiger partial charge in [0.2, 0.25) is 0 Å². The summed E-state index contributed by atoms with van der Waals surface area (Å²) in [7, 11) is 4.50. The highest BCUT2D eigenvalue weighted by atomic mass is 31.0. The minimum atomic E-state index is 0.692. The van der Waals surface area contributed by atoms with E-state index in [0.717, 1.165) is 34.9 Å². The van der Waals surface area contributed by atoms with Gasteiger partial charge in [-0.3, -0.25) is 0 Å². The molecule has 3 heteroatoms.